The quantitative estimate of drug-likeness (QED) is 0.475. The van der Waals surface area contributed by atoms with Crippen LogP contribution >= 0.6 is 11.6 Å². The maximum Gasteiger partial charge on any atom is 0.180 e. The fourth-order valence-corrected chi connectivity index (χ4v) is 4.55. The normalized spacial score (nSPS) is 16.1. The van der Waals surface area contributed by atoms with Crippen LogP contribution in [0.2, 0.25) is 5.02 Å². The highest BCUT2D eigenvalue weighted by Crippen LogP contribution is 2.32. The molecule has 1 atom stereocenters. The molecular formula is C23H24ClFN6O. The average molecular weight is 455 g/mol. The van der Waals surface area contributed by atoms with E-state index in [0.717, 1.165) is 55.4 Å². The third kappa shape index (κ3) is 4.18. The molecule has 9 heteroatoms. The number of nitrogens with one attached hydrogen (secondary N) is 1. The van der Waals surface area contributed by atoms with E-state index in [1.807, 2.05) is 6.07 Å². The molecule has 1 fully saturated rings. The summed E-state index contributed by atoms with van der Waals surface area (Å²) in [5.74, 6) is -0.271. The lowest BCUT2D eigenvalue weighted by Gasteiger charge is -2.26. The Hall–Kier alpha value is -2.68. The van der Waals surface area contributed by atoms with E-state index < -0.39 is 0 Å². The highest BCUT2D eigenvalue weighted by atomic mass is 35.5. The minimum absolute atomic E-state index is 0.0151. The number of morpholine rings is 1. The van der Waals surface area contributed by atoms with E-state index in [1.165, 1.54) is 12.4 Å². The average Bonchev–Trinajstić information content (AvgIpc) is 3.30. The number of imidazole rings is 1. The van der Waals surface area contributed by atoms with E-state index in [9.17, 15) is 4.39 Å². The molecule has 0 saturated carbocycles. The molecule has 0 amide bonds. The standard InChI is InChI=1S/C23H24ClFN6O/c1-14(10-20-22-23(28-12-26-20)29-13-27-22)19-11-15-17(25)3-2-16(24)21(15)18(30-19)4-5-31-6-8-32-9-7-31/h2-3,11-14H,4-10H2,1H3,(H,26,27,28,29)/t14-/m1/s1. The van der Waals surface area contributed by atoms with Crippen LogP contribution in [-0.4, -0.2) is 62.7 Å². The van der Waals surface area contributed by atoms with Gasteiger partial charge < -0.3 is 9.72 Å². The maximum absolute atomic E-state index is 14.8. The van der Waals surface area contributed by atoms with Gasteiger partial charge in [-0.2, -0.15) is 0 Å². The first-order chi connectivity index (χ1) is 15.6. The lowest BCUT2D eigenvalue weighted by molar-refractivity contribution is 0.0384. The van der Waals surface area contributed by atoms with Crippen molar-refractivity contribution in [3.05, 3.63) is 58.8 Å². The van der Waals surface area contributed by atoms with E-state index in [1.54, 1.807) is 12.4 Å². The summed E-state index contributed by atoms with van der Waals surface area (Å²) in [6.45, 7) is 6.17. The molecule has 0 radical (unpaired) electrons. The largest absolute Gasteiger partial charge is 0.379 e. The number of pyridine rings is 1. The minimum atomic E-state index is -0.286. The molecule has 5 rings (SSSR count). The number of H-pyrrole nitrogens is 1. The highest BCUT2D eigenvalue weighted by molar-refractivity contribution is 6.35. The Kier molecular flexibility index (Phi) is 5.99. The lowest BCUT2D eigenvalue weighted by Crippen LogP contribution is -2.37. The number of halogens is 2. The van der Waals surface area contributed by atoms with Crippen molar-refractivity contribution in [1.29, 1.82) is 0 Å². The SMILES string of the molecule is C[C@H](Cc1ncnc2nc[nH]c12)c1cc2c(F)ccc(Cl)c2c(CCN2CCOCC2)n1. The number of aromatic amines is 1. The molecule has 0 aliphatic carbocycles. The van der Waals surface area contributed by atoms with Crippen LogP contribution in [0.3, 0.4) is 0 Å². The minimum Gasteiger partial charge on any atom is -0.379 e. The molecule has 1 aliphatic rings. The molecule has 1 aliphatic heterocycles. The van der Waals surface area contributed by atoms with Crippen LogP contribution in [0.1, 0.15) is 29.9 Å². The van der Waals surface area contributed by atoms with E-state index in [2.05, 4.69) is 31.8 Å². The number of fused-ring (bicyclic) bond motifs is 2. The van der Waals surface area contributed by atoms with Crippen LogP contribution in [-0.2, 0) is 17.6 Å². The molecule has 0 unspecified atom stereocenters. The number of hydrogen-bond donors (Lipinski definition) is 1. The van der Waals surface area contributed by atoms with Gasteiger partial charge in [0.2, 0.25) is 0 Å². The van der Waals surface area contributed by atoms with Gasteiger partial charge in [-0.1, -0.05) is 18.5 Å². The Morgan fingerprint density at radius 1 is 1.19 bits per heavy atom. The summed E-state index contributed by atoms with van der Waals surface area (Å²) in [6.07, 6.45) is 4.46. The van der Waals surface area contributed by atoms with E-state index in [-0.39, 0.29) is 11.7 Å². The van der Waals surface area contributed by atoms with Gasteiger partial charge in [0.25, 0.3) is 0 Å². The van der Waals surface area contributed by atoms with Crippen molar-refractivity contribution in [2.24, 2.45) is 0 Å². The number of hydrogen-bond acceptors (Lipinski definition) is 6. The van der Waals surface area contributed by atoms with Crippen LogP contribution in [0.5, 0.6) is 0 Å². The van der Waals surface area contributed by atoms with Gasteiger partial charge >= 0.3 is 0 Å². The number of rotatable bonds is 6. The molecule has 1 N–H and O–H groups in total. The van der Waals surface area contributed by atoms with Crippen molar-refractivity contribution in [1.82, 2.24) is 29.8 Å². The molecule has 3 aromatic heterocycles. The van der Waals surface area contributed by atoms with Gasteiger partial charge in [-0.05, 0) is 18.2 Å². The molecular weight excluding hydrogens is 431 g/mol. The predicted octanol–water partition coefficient (Wildman–Crippen LogP) is 3.91. The van der Waals surface area contributed by atoms with Crippen LogP contribution in [0.15, 0.2) is 30.9 Å². The third-order valence-electron chi connectivity index (χ3n) is 6.06. The van der Waals surface area contributed by atoms with E-state index >= 15 is 0 Å². The van der Waals surface area contributed by atoms with Gasteiger partial charge in [-0.3, -0.25) is 9.88 Å². The summed E-state index contributed by atoms with van der Waals surface area (Å²) in [5, 5.41) is 1.75. The van der Waals surface area contributed by atoms with E-state index in [4.69, 9.17) is 21.3 Å². The molecule has 0 spiro atoms. The second-order valence-electron chi connectivity index (χ2n) is 8.18. The number of ether oxygens (including phenoxy) is 1. The first-order valence-electron chi connectivity index (χ1n) is 10.8. The highest BCUT2D eigenvalue weighted by Gasteiger charge is 2.19. The summed E-state index contributed by atoms with van der Waals surface area (Å²) in [4.78, 5) is 23.2. The topological polar surface area (TPSA) is 79.8 Å². The van der Waals surface area contributed by atoms with Gasteiger partial charge in [0.15, 0.2) is 5.65 Å². The summed E-state index contributed by atoms with van der Waals surface area (Å²) in [5.41, 5.74) is 3.97. The van der Waals surface area contributed by atoms with Crippen molar-refractivity contribution >= 4 is 33.5 Å². The van der Waals surface area contributed by atoms with Gasteiger partial charge in [0.1, 0.15) is 17.7 Å². The second kappa shape index (κ2) is 9.05. The molecule has 32 heavy (non-hydrogen) atoms. The molecule has 166 valence electrons. The Morgan fingerprint density at radius 2 is 2.03 bits per heavy atom. The molecule has 4 heterocycles. The summed E-state index contributed by atoms with van der Waals surface area (Å²) < 4.78 is 20.3. The van der Waals surface area contributed by atoms with Crippen LogP contribution in [0.4, 0.5) is 4.39 Å². The molecule has 1 saturated heterocycles. The number of nitrogens with zero attached hydrogens (tertiary/aromatic N) is 5. The Morgan fingerprint density at radius 3 is 2.88 bits per heavy atom. The molecule has 7 nitrogen and oxygen atoms in total. The fraction of sp³-hybridized carbons (Fsp3) is 0.391. The molecule has 4 aromatic rings. The fourth-order valence-electron chi connectivity index (χ4n) is 4.28. The smallest absolute Gasteiger partial charge is 0.180 e. The zero-order valence-corrected chi connectivity index (χ0v) is 18.6. The van der Waals surface area contributed by atoms with Crippen molar-refractivity contribution in [3.63, 3.8) is 0 Å². The second-order valence-corrected chi connectivity index (χ2v) is 8.58. The number of benzene rings is 1. The maximum atomic E-state index is 14.8. The number of aromatic nitrogens is 5. The van der Waals surface area contributed by atoms with Gasteiger partial charge in [-0.15, -0.1) is 0 Å². The third-order valence-corrected chi connectivity index (χ3v) is 6.38. The van der Waals surface area contributed by atoms with Gasteiger partial charge in [0.05, 0.1) is 36.0 Å². The zero-order chi connectivity index (χ0) is 22.1. The van der Waals surface area contributed by atoms with Crippen molar-refractivity contribution in [2.75, 3.05) is 32.8 Å². The Balaban J connectivity index is 1.49. The van der Waals surface area contributed by atoms with Crippen molar-refractivity contribution in [2.45, 2.75) is 25.7 Å². The first kappa shape index (κ1) is 21.2. The van der Waals surface area contributed by atoms with Crippen molar-refractivity contribution < 1.29 is 9.13 Å². The first-order valence-corrected chi connectivity index (χ1v) is 11.2. The Labute approximate surface area is 190 Å². The van der Waals surface area contributed by atoms with E-state index in [0.29, 0.717) is 34.3 Å². The predicted molar refractivity (Wildman–Crippen MR) is 121 cm³/mol. The Bertz CT molecular complexity index is 1260. The molecule has 1 aromatic carbocycles. The zero-order valence-electron chi connectivity index (χ0n) is 17.8. The summed E-state index contributed by atoms with van der Waals surface area (Å²) in [6, 6.07) is 4.85. The monoisotopic (exact) mass is 454 g/mol. The molecule has 0 bridgehead atoms. The summed E-state index contributed by atoms with van der Waals surface area (Å²) in [7, 11) is 0. The van der Waals surface area contributed by atoms with Crippen LogP contribution < -0.4 is 0 Å². The van der Waals surface area contributed by atoms with Gasteiger partial charge in [0, 0.05) is 54.9 Å². The van der Waals surface area contributed by atoms with Crippen molar-refractivity contribution in [3.8, 4) is 0 Å². The van der Waals surface area contributed by atoms with Crippen LogP contribution in [0.25, 0.3) is 21.9 Å². The van der Waals surface area contributed by atoms with Crippen LogP contribution in [0, 0.1) is 5.82 Å². The summed E-state index contributed by atoms with van der Waals surface area (Å²) >= 11 is 6.50. The lowest BCUT2D eigenvalue weighted by atomic mass is 9.97. The van der Waals surface area contributed by atoms with Gasteiger partial charge in [-0.25, -0.2) is 19.3 Å².